The number of unbranched alkanes of at least 4 members (excludes halogenated alkanes) is 11. The van der Waals surface area contributed by atoms with Gasteiger partial charge in [0, 0.05) is 18.9 Å². The number of hydrogen-bond acceptors (Lipinski definition) is 3. The van der Waals surface area contributed by atoms with Gasteiger partial charge >= 0.3 is 5.97 Å². The Hall–Kier alpha value is -0.280. The van der Waals surface area contributed by atoms with Crippen LogP contribution in [0.3, 0.4) is 0 Å². The van der Waals surface area contributed by atoms with Crippen LogP contribution in [-0.4, -0.2) is 31.7 Å². The maximum atomic E-state index is 11.6. The number of ether oxygens (including phenoxy) is 2. The molecule has 0 aliphatic rings. The zero-order valence-corrected chi connectivity index (χ0v) is 16.6. The topological polar surface area (TPSA) is 35.5 Å². The lowest BCUT2D eigenvalue weighted by Gasteiger charge is -2.06. The van der Waals surface area contributed by atoms with Crippen LogP contribution >= 0.6 is 11.6 Å². The predicted octanol–water partition coefficient (Wildman–Crippen LogP) is 6.27. The molecule has 0 aliphatic heterocycles. The van der Waals surface area contributed by atoms with Gasteiger partial charge in [-0.25, -0.2) is 0 Å². The lowest BCUT2D eigenvalue weighted by Crippen LogP contribution is -2.10. The van der Waals surface area contributed by atoms with Crippen molar-refractivity contribution in [1.29, 1.82) is 0 Å². The van der Waals surface area contributed by atoms with E-state index in [1.54, 1.807) is 0 Å². The number of halogens is 1. The van der Waals surface area contributed by atoms with Gasteiger partial charge in [-0.05, 0) is 19.3 Å². The molecule has 0 bridgehead atoms. The Balaban J connectivity index is 3.13. The van der Waals surface area contributed by atoms with Gasteiger partial charge in [-0.2, -0.15) is 0 Å². The van der Waals surface area contributed by atoms with E-state index in [9.17, 15) is 4.79 Å². The van der Waals surface area contributed by atoms with E-state index in [-0.39, 0.29) is 5.97 Å². The van der Waals surface area contributed by atoms with Gasteiger partial charge < -0.3 is 9.47 Å². The highest BCUT2D eigenvalue weighted by Crippen LogP contribution is 2.10. The summed E-state index contributed by atoms with van der Waals surface area (Å²) in [4.78, 5) is 11.6. The summed E-state index contributed by atoms with van der Waals surface area (Å²) in [5.74, 6) is 0.666. The summed E-state index contributed by atoms with van der Waals surface area (Å²) in [6.45, 7) is 3.89. The smallest absolute Gasteiger partial charge is 0.305 e. The molecule has 0 saturated heterocycles. The number of esters is 1. The SMILES string of the molecule is CCCCCCCCCCCC(=O)OCCOCCCCCCCl. The lowest BCUT2D eigenvalue weighted by atomic mass is 10.1. The van der Waals surface area contributed by atoms with Gasteiger partial charge in [0.25, 0.3) is 0 Å². The van der Waals surface area contributed by atoms with E-state index in [4.69, 9.17) is 21.1 Å². The first-order valence-electron chi connectivity index (χ1n) is 10.1. The average molecular weight is 363 g/mol. The highest BCUT2D eigenvalue weighted by molar-refractivity contribution is 6.17. The summed E-state index contributed by atoms with van der Waals surface area (Å²) in [5, 5.41) is 0. The number of rotatable bonds is 19. The molecule has 0 N–H and O–H groups in total. The van der Waals surface area contributed by atoms with Crippen molar-refractivity contribution in [3.05, 3.63) is 0 Å². The van der Waals surface area contributed by atoms with Crippen LogP contribution in [0.5, 0.6) is 0 Å². The number of alkyl halides is 1. The molecular formula is C20H39ClO3. The van der Waals surface area contributed by atoms with Gasteiger partial charge in [0.2, 0.25) is 0 Å². The molecule has 0 spiro atoms. The second-order valence-corrected chi connectivity index (χ2v) is 6.89. The van der Waals surface area contributed by atoms with Gasteiger partial charge in [-0.15, -0.1) is 11.6 Å². The Labute approximate surface area is 154 Å². The minimum absolute atomic E-state index is 0.0799. The molecule has 0 aromatic carbocycles. The fraction of sp³-hybridized carbons (Fsp3) is 0.950. The molecule has 0 heterocycles. The van der Waals surface area contributed by atoms with Crippen molar-refractivity contribution in [2.24, 2.45) is 0 Å². The van der Waals surface area contributed by atoms with E-state index in [1.807, 2.05) is 0 Å². The van der Waals surface area contributed by atoms with Crippen molar-refractivity contribution >= 4 is 17.6 Å². The minimum atomic E-state index is -0.0799. The first kappa shape index (κ1) is 23.7. The highest BCUT2D eigenvalue weighted by Gasteiger charge is 2.02. The average Bonchev–Trinajstić information content (AvgIpc) is 2.59. The van der Waals surface area contributed by atoms with Crippen molar-refractivity contribution in [2.75, 3.05) is 25.7 Å². The van der Waals surface area contributed by atoms with Crippen LogP contribution in [0.4, 0.5) is 0 Å². The standard InChI is InChI=1S/C20H39ClO3/c1-2-3-4-5-6-7-8-9-12-15-20(22)24-19-18-23-17-14-11-10-13-16-21/h2-19H2,1H3. The molecule has 0 atom stereocenters. The largest absolute Gasteiger partial charge is 0.463 e. The summed E-state index contributed by atoms with van der Waals surface area (Å²) < 4.78 is 10.6. The van der Waals surface area contributed by atoms with E-state index in [0.29, 0.717) is 19.6 Å². The monoisotopic (exact) mass is 362 g/mol. The van der Waals surface area contributed by atoms with Crippen molar-refractivity contribution in [2.45, 2.75) is 96.8 Å². The maximum Gasteiger partial charge on any atom is 0.305 e. The van der Waals surface area contributed by atoms with Crippen molar-refractivity contribution in [3.63, 3.8) is 0 Å². The van der Waals surface area contributed by atoms with E-state index in [1.165, 1.54) is 51.4 Å². The first-order valence-corrected chi connectivity index (χ1v) is 10.6. The van der Waals surface area contributed by atoms with Crippen LogP contribution in [0.15, 0.2) is 0 Å². The highest BCUT2D eigenvalue weighted by atomic mass is 35.5. The van der Waals surface area contributed by atoms with E-state index >= 15 is 0 Å². The molecule has 144 valence electrons. The van der Waals surface area contributed by atoms with E-state index in [2.05, 4.69) is 6.92 Å². The molecule has 0 radical (unpaired) electrons. The Morgan fingerprint density at radius 3 is 1.96 bits per heavy atom. The molecule has 0 fully saturated rings. The molecule has 4 heteroatoms. The van der Waals surface area contributed by atoms with Crippen LogP contribution in [-0.2, 0) is 14.3 Å². The third-order valence-corrected chi connectivity index (χ3v) is 4.41. The van der Waals surface area contributed by atoms with Gasteiger partial charge in [0.15, 0.2) is 0 Å². The van der Waals surface area contributed by atoms with Crippen molar-refractivity contribution < 1.29 is 14.3 Å². The number of carbonyl (C=O) groups is 1. The van der Waals surface area contributed by atoms with Crippen LogP contribution < -0.4 is 0 Å². The van der Waals surface area contributed by atoms with Gasteiger partial charge in [0.1, 0.15) is 6.61 Å². The Bertz CT molecular complexity index is 235. The van der Waals surface area contributed by atoms with Crippen molar-refractivity contribution in [3.8, 4) is 0 Å². The predicted molar refractivity (Wildman–Crippen MR) is 103 cm³/mol. The summed E-state index contributed by atoms with van der Waals surface area (Å²) in [5.41, 5.74) is 0. The molecule has 24 heavy (non-hydrogen) atoms. The first-order chi connectivity index (χ1) is 11.8. The van der Waals surface area contributed by atoms with E-state index in [0.717, 1.165) is 44.6 Å². The molecule has 0 aliphatic carbocycles. The normalized spacial score (nSPS) is 10.9. The van der Waals surface area contributed by atoms with Crippen LogP contribution in [0.25, 0.3) is 0 Å². The van der Waals surface area contributed by atoms with Gasteiger partial charge in [0.05, 0.1) is 6.61 Å². The minimum Gasteiger partial charge on any atom is -0.463 e. The molecule has 0 amide bonds. The fourth-order valence-corrected chi connectivity index (χ4v) is 2.81. The third kappa shape index (κ3) is 19.8. The summed E-state index contributed by atoms with van der Waals surface area (Å²) in [6, 6.07) is 0. The molecule has 0 rings (SSSR count). The van der Waals surface area contributed by atoms with Crippen LogP contribution in [0.2, 0.25) is 0 Å². The molecule has 0 saturated carbocycles. The molecule has 0 unspecified atom stereocenters. The van der Waals surface area contributed by atoms with Gasteiger partial charge in [-0.1, -0.05) is 71.1 Å². The second kappa shape index (κ2) is 20.8. The second-order valence-electron chi connectivity index (χ2n) is 6.51. The maximum absolute atomic E-state index is 11.6. The summed E-state index contributed by atoms with van der Waals surface area (Å²) >= 11 is 5.62. The Morgan fingerprint density at radius 2 is 1.29 bits per heavy atom. The molecule has 3 nitrogen and oxygen atoms in total. The van der Waals surface area contributed by atoms with E-state index < -0.39 is 0 Å². The lowest BCUT2D eigenvalue weighted by molar-refractivity contribution is -0.145. The van der Waals surface area contributed by atoms with Gasteiger partial charge in [-0.3, -0.25) is 4.79 Å². The summed E-state index contributed by atoms with van der Waals surface area (Å²) in [6.07, 6.45) is 16.4. The molecule has 0 aromatic rings. The quantitative estimate of drug-likeness (QED) is 0.154. The Kier molecular flexibility index (Phi) is 20.5. The van der Waals surface area contributed by atoms with Crippen LogP contribution in [0.1, 0.15) is 96.8 Å². The zero-order valence-electron chi connectivity index (χ0n) is 15.8. The molecular weight excluding hydrogens is 324 g/mol. The summed E-state index contributed by atoms with van der Waals surface area (Å²) in [7, 11) is 0. The van der Waals surface area contributed by atoms with Crippen LogP contribution in [0, 0.1) is 0 Å². The Morgan fingerprint density at radius 1 is 0.708 bits per heavy atom. The fourth-order valence-electron chi connectivity index (χ4n) is 2.62. The number of hydrogen-bond donors (Lipinski definition) is 0. The third-order valence-electron chi connectivity index (χ3n) is 4.15. The number of carbonyl (C=O) groups excluding carboxylic acids is 1. The van der Waals surface area contributed by atoms with Crippen molar-refractivity contribution in [1.82, 2.24) is 0 Å². The zero-order chi connectivity index (χ0) is 17.7. The molecule has 0 aromatic heterocycles.